The quantitative estimate of drug-likeness (QED) is 0.868. The summed E-state index contributed by atoms with van der Waals surface area (Å²) in [5.41, 5.74) is 0.699. The minimum Gasteiger partial charge on any atom is -0.463 e. The van der Waals surface area contributed by atoms with Crippen LogP contribution in [0.5, 0.6) is 0 Å². The molecular formula is C13H11Cl2NO3. The highest BCUT2D eigenvalue weighted by Crippen LogP contribution is 2.29. The van der Waals surface area contributed by atoms with E-state index in [1.54, 1.807) is 30.3 Å². The van der Waals surface area contributed by atoms with Gasteiger partial charge in [0.25, 0.3) is 0 Å². The van der Waals surface area contributed by atoms with Gasteiger partial charge >= 0.3 is 5.97 Å². The molecule has 4 nitrogen and oxygen atoms in total. The number of benzene rings is 1. The van der Waals surface area contributed by atoms with Crippen molar-refractivity contribution >= 4 is 34.9 Å². The van der Waals surface area contributed by atoms with E-state index in [9.17, 15) is 4.79 Å². The van der Waals surface area contributed by atoms with Gasteiger partial charge in [-0.05, 0) is 24.3 Å². The molecule has 0 spiro atoms. The number of furan rings is 1. The molecule has 0 bridgehead atoms. The SMILES string of the molecule is COC(=O)c1ccc(CNc2cccc(Cl)c2Cl)o1. The highest BCUT2D eigenvalue weighted by atomic mass is 35.5. The molecule has 0 unspecified atom stereocenters. The third kappa shape index (κ3) is 3.22. The first-order chi connectivity index (χ1) is 9.11. The maximum atomic E-state index is 11.2. The van der Waals surface area contributed by atoms with Crippen molar-refractivity contribution in [2.45, 2.75) is 6.54 Å². The van der Waals surface area contributed by atoms with Gasteiger partial charge in [0.2, 0.25) is 5.76 Å². The van der Waals surface area contributed by atoms with Crippen molar-refractivity contribution in [3.63, 3.8) is 0 Å². The Morgan fingerprint density at radius 2 is 2.11 bits per heavy atom. The summed E-state index contributed by atoms with van der Waals surface area (Å²) < 4.78 is 9.87. The molecule has 2 rings (SSSR count). The molecule has 0 atom stereocenters. The van der Waals surface area contributed by atoms with Crippen LogP contribution in [0.15, 0.2) is 34.7 Å². The second kappa shape index (κ2) is 5.99. The van der Waals surface area contributed by atoms with Crippen LogP contribution in [0.3, 0.4) is 0 Å². The van der Waals surface area contributed by atoms with Crippen LogP contribution in [0.4, 0.5) is 5.69 Å². The van der Waals surface area contributed by atoms with Gasteiger partial charge in [0.05, 0.1) is 29.4 Å². The number of rotatable bonds is 4. The minimum atomic E-state index is -0.507. The lowest BCUT2D eigenvalue weighted by molar-refractivity contribution is 0.0563. The van der Waals surface area contributed by atoms with Crippen molar-refractivity contribution in [2.75, 3.05) is 12.4 Å². The Hall–Kier alpha value is -1.65. The second-order valence-electron chi connectivity index (χ2n) is 3.71. The van der Waals surface area contributed by atoms with Gasteiger partial charge in [0, 0.05) is 0 Å². The molecule has 1 heterocycles. The maximum Gasteiger partial charge on any atom is 0.373 e. The number of nitrogens with one attached hydrogen (secondary N) is 1. The molecule has 1 aromatic carbocycles. The summed E-state index contributed by atoms with van der Waals surface area (Å²) in [6, 6.07) is 8.55. The number of esters is 1. The van der Waals surface area contributed by atoms with Gasteiger partial charge in [0.15, 0.2) is 0 Å². The fraction of sp³-hybridized carbons (Fsp3) is 0.154. The summed E-state index contributed by atoms with van der Waals surface area (Å²) >= 11 is 11.9. The summed E-state index contributed by atoms with van der Waals surface area (Å²) in [6.07, 6.45) is 0. The van der Waals surface area contributed by atoms with Crippen LogP contribution in [-0.2, 0) is 11.3 Å². The molecule has 0 fully saturated rings. The van der Waals surface area contributed by atoms with Crippen LogP contribution >= 0.6 is 23.2 Å². The Labute approximate surface area is 120 Å². The molecule has 0 aliphatic rings. The summed E-state index contributed by atoms with van der Waals surface area (Å²) in [6.45, 7) is 0.386. The monoisotopic (exact) mass is 299 g/mol. The molecule has 0 saturated heterocycles. The number of carbonyl (C=O) groups is 1. The fourth-order valence-electron chi connectivity index (χ4n) is 1.51. The van der Waals surface area contributed by atoms with E-state index in [1.807, 2.05) is 0 Å². The number of methoxy groups -OCH3 is 1. The number of anilines is 1. The average Bonchev–Trinajstić information content (AvgIpc) is 2.88. The highest BCUT2D eigenvalue weighted by Gasteiger charge is 2.11. The third-order valence-electron chi connectivity index (χ3n) is 2.45. The van der Waals surface area contributed by atoms with Crippen LogP contribution in [0.25, 0.3) is 0 Å². The molecular weight excluding hydrogens is 289 g/mol. The van der Waals surface area contributed by atoms with Crippen LogP contribution in [-0.4, -0.2) is 13.1 Å². The van der Waals surface area contributed by atoms with Crippen molar-refractivity contribution in [3.05, 3.63) is 51.9 Å². The molecule has 0 aliphatic heterocycles. The fourth-order valence-corrected chi connectivity index (χ4v) is 1.87. The van der Waals surface area contributed by atoms with Crippen molar-refractivity contribution in [1.82, 2.24) is 0 Å². The van der Waals surface area contributed by atoms with E-state index in [0.29, 0.717) is 28.0 Å². The minimum absolute atomic E-state index is 0.163. The van der Waals surface area contributed by atoms with Gasteiger partial charge in [-0.2, -0.15) is 0 Å². The predicted octanol–water partition coefficient (Wildman–Crippen LogP) is 3.99. The lowest BCUT2D eigenvalue weighted by Gasteiger charge is -2.07. The lowest BCUT2D eigenvalue weighted by atomic mass is 10.3. The number of halogens is 2. The lowest BCUT2D eigenvalue weighted by Crippen LogP contribution is -2.00. The summed E-state index contributed by atoms with van der Waals surface area (Å²) in [5.74, 6) is 0.250. The smallest absolute Gasteiger partial charge is 0.373 e. The molecule has 100 valence electrons. The Morgan fingerprint density at radius 1 is 1.32 bits per heavy atom. The Bertz CT molecular complexity index is 595. The van der Waals surface area contributed by atoms with E-state index >= 15 is 0 Å². The van der Waals surface area contributed by atoms with E-state index in [4.69, 9.17) is 27.6 Å². The largest absolute Gasteiger partial charge is 0.463 e. The maximum absolute atomic E-state index is 11.2. The van der Waals surface area contributed by atoms with Crippen LogP contribution < -0.4 is 5.32 Å². The van der Waals surface area contributed by atoms with E-state index in [1.165, 1.54) is 7.11 Å². The first kappa shape index (κ1) is 13.8. The van der Waals surface area contributed by atoms with E-state index < -0.39 is 5.97 Å². The van der Waals surface area contributed by atoms with Crippen LogP contribution in [0, 0.1) is 0 Å². The molecule has 0 saturated carbocycles. The average molecular weight is 300 g/mol. The number of hydrogen-bond donors (Lipinski definition) is 1. The predicted molar refractivity (Wildman–Crippen MR) is 73.8 cm³/mol. The number of ether oxygens (including phenoxy) is 1. The molecule has 1 aromatic heterocycles. The summed E-state index contributed by atoms with van der Waals surface area (Å²) in [5, 5.41) is 4.00. The standard InChI is InChI=1S/C13H11Cl2NO3/c1-18-13(17)11-6-5-8(19-11)7-16-10-4-2-3-9(14)12(10)15/h2-6,16H,7H2,1H3. The van der Waals surface area contributed by atoms with Gasteiger partial charge in [0.1, 0.15) is 5.76 Å². The topological polar surface area (TPSA) is 51.5 Å². The van der Waals surface area contributed by atoms with Crippen LogP contribution in [0.1, 0.15) is 16.3 Å². The Balaban J connectivity index is 2.04. The molecule has 6 heteroatoms. The van der Waals surface area contributed by atoms with Crippen LogP contribution in [0.2, 0.25) is 10.0 Å². The van der Waals surface area contributed by atoms with E-state index in [0.717, 1.165) is 0 Å². The molecule has 19 heavy (non-hydrogen) atoms. The van der Waals surface area contributed by atoms with E-state index in [-0.39, 0.29) is 5.76 Å². The Kier molecular flexibility index (Phi) is 4.35. The summed E-state index contributed by atoms with van der Waals surface area (Å²) in [4.78, 5) is 11.2. The first-order valence-electron chi connectivity index (χ1n) is 5.46. The van der Waals surface area contributed by atoms with Crippen molar-refractivity contribution in [3.8, 4) is 0 Å². The van der Waals surface area contributed by atoms with Crippen molar-refractivity contribution < 1.29 is 13.9 Å². The molecule has 0 amide bonds. The number of hydrogen-bond acceptors (Lipinski definition) is 4. The van der Waals surface area contributed by atoms with Gasteiger partial charge in [-0.15, -0.1) is 0 Å². The zero-order valence-electron chi connectivity index (χ0n) is 10.1. The first-order valence-corrected chi connectivity index (χ1v) is 6.22. The third-order valence-corrected chi connectivity index (χ3v) is 3.27. The normalized spacial score (nSPS) is 10.3. The van der Waals surface area contributed by atoms with Gasteiger partial charge in [-0.1, -0.05) is 29.3 Å². The molecule has 2 aromatic rings. The highest BCUT2D eigenvalue weighted by molar-refractivity contribution is 6.43. The zero-order valence-corrected chi connectivity index (χ0v) is 11.6. The van der Waals surface area contributed by atoms with E-state index in [2.05, 4.69) is 10.1 Å². The summed E-state index contributed by atoms with van der Waals surface area (Å²) in [7, 11) is 1.30. The second-order valence-corrected chi connectivity index (χ2v) is 4.50. The molecule has 0 aliphatic carbocycles. The zero-order chi connectivity index (χ0) is 13.8. The van der Waals surface area contributed by atoms with Gasteiger partial charge < -0.3 is 14.5 Å². The number of carbonyl (C=O) groups excluding carboxylic acids is 1. The van der Waals surface area contributed by atoms with Gasteiger partial charge in [-0.25, -0.2) is 4.79 Å². The van der Waals surface area contributed by atoms with Gasteiger partial charge in [-0.3, -0.25) is 0 Å². The Morgan fingerprint density at radius 3 is 2.84 bits per heavy atom. The van der Waals surface area contributed by atoms with Crippen molar-refractivity contribution in [2.24, 2.45) is 0 Å². The molecule has 0 radical (unpaired) electrons. The van der Waals surface area contributed by atoms with Crippen molar-refractivity contribution in [1.29, 1.82) is 0 Å². The molecule has 1 N–H and O–H groups in total.